The van der Waals surface area contributed by atoms with Gasteiger partial charge in [0.05, 0.1) is 6.54 Å². The van der Waals surface area contributed by atoms with Crippen LogP contribution in [0.15, 0.2) is 42.3 Å². The van der Waals surface area contributed by atoms with Crippen LogP contribution in [0, 0.1) is 34.5 Å². The van der Waals surface area contributed by atoms with Gasteiger partial charge in [-0.1, -0.05) is 58.4 Å². The zero-order valence-electron chi connectivity index (χ0n) is 24.5. The average molecular weight is 534 g/mol. The molecule has 1 heterocycles. The third kappa shape index (κ3) is 5.21. The summed E-state index contributed by atoms with van der Waals surface area (Å²) >= 11 is 0. The van der Waals surface area contributed by atoms with Gasteiger partial charge in [-0.2, -0.15) is 0 Å². The van der Waals surface area contributed by atoms with Crippen molar-refractivity contribution in [2.45, 2.75) is 91.7 Å². The van der Waals surface area contributed by atoms with E-state index in [0.717, 1.165) is 32.1 Å². The Hall–Kier alpha value is -2.47. The molecule has 1 aromatic heterocycles. The number of likely N-dealkylation sites (N-methyl/N-ethyl adjacent to an activating group) is 1. The largest absolute Gasteiger partial charge is 0.461 e. The van der Waals surface area contributed by atoms with Crippen molar-refractivity contribution in [3.05, 3.63) is 47.8 Å². The zero-order valence-corrected chi connectivity index (χ0v) is 24.5. The lowest BCUT2D eigenvalue weighted by Gasteiger charge is -2.58. The first-order valence-electron chi connectivity index (χ1n) is 15.2. The Morgan fingerprint density at radius 1 is 1.10 bits per heavy atom. The van der Waals surface area contributed by atoms with E-state index in [9.17, 15) is 9.59 Å². The number of nitrogens with zero attached hydrogens (tertiary/aromatic N) is 1. The fourth-order valence-corrected chi connectivity index (χ4v) is 8.46. The molecule has 0 spiro atoms. The van der Waals surface area contributed by atoms with Gasteiger partial charge in [-0.3, -0.25) is 9.78 Å². The smallest absolute Gasteiger partial charge is 0.329 e. The van der Waals surface area contributed by atoms with Gasteiger partial charge in [0.25, 0.3) is 0 Å². The number of pyridine rings is 1. The molecule has 39 heavy (non-hydrogen) atoms. The molecular formula is C33H47N3O3. The molecule has 4 aliphatic rings. The van der Waals surface area contributed by atoms with Crippen LogP contribution in [0.2, 0.25) is 0 Å². The maximum Gasteiger partial charge on any atom is 0.329 e. The molecule has 4 aliphatic carbocycles. The molecule has 0 aromatic carbocycles. The lowest BCUT2D eigenvalue weighted by molar-refractivity contribution is -0.156. The van der Waals surface area contributed by atoms with Crippen molar-refractivity contribution in [1.82, 2.24) is 15.6 Å². The third-order valence-corrected chi connectivity index (χ3v) is 10.7. The molecule has 2 N–H and O–H groups in total. The second-order valence-corrected chi connectivity index (χ2v) is 13.2. The summed E-state index contributed by atoms with van der Waals surface area (Å²) < 4.78 is 6.07. The van der Waals surface area contributed by atoms with Gasteiger partial charge in [0.1, 0.15) is 12.1 Å². The Kier molecular flexibility index (Phi) is 8.05. The molecule has 212 valence electrons. The number of hydrogen-bond donors (Lipinski definition) is 2. The van der Waals surface area contributed by atoms with Gasteiger partial charge in [0.15, 0.2) is 0 Å². The van der Waals surface area contributed by atoms with Crippen LogP contribution in [0.5, 0.6) is 0 Å². The Morgan fingerprint density at radius 3 is 2.62 bits per heavy atom. The minimum atomic E-state index is -0.617. The normalized spacial score (nSPS) is 34.2. The number of ether oxygens (including phenoxy) is 1. The third-order valence-electron chi connectivity index (χ3n) is 10.7. The zero-order chi connectivity index (χ0) is 27.8. The van der Waals surface area contributed by atoms with Crippen molar-refractivity contribution >= 4 is 17.4 Å². The van der Waals surface area contributed by atoms with Crippen LogP contribution in [0.3, 0.4) is 0 Å². The molecule has 7 atom stereocenters. The number of fused-ring (bicyclic) bond motifs is 5. The summed E-state index contributed by atoms with van der Waals surface area (Å²) in [5.41, 5.74) is 4.70. The molecule has 0 radical (unpaired) electrons. The van der Waals surface area contributed by atoms with Crippen LogP contribution in [-0.2, 0) is 14.3 Å². The van der Waals surface area contributed by atoms with Gasteiger partial charge in [0.2, 0.25) is 5.91 Å². The molecule has 6 heteroatoms. The highest BCUT2D eigenvalue weighted by Gasteiger charge is 2.57. The van der Waals surface area contributed by atoms with Crippen molar-refractivity contribution in [3.8, 4) is 0 Å². The number of rotatable bonds is 8. The van der Waals surface area contributed by atoms with Gasteiger partial charge < -0.3 is 15.4 Å². The van der Waals surface area contributed by atoms with E-state index in [1.807, 2.05) is 33.2 Å². The highest BCUT2D eigenvalue weighted by molar-refractivity contribution is 5.85. The van der Waals surface area contributed by atoms with Crippen molar-refractivity contribution in [2.24, 2.45) is 34.5 Å². The highest BCUT2D eigenvalue weighted by atomic mass is 16.5. The average Bonchev–Trinajstić information content (AvgIpc) is 3.28. The summed E-state index contributed by atoms with van der Waals surface area (Å²) in [6.07, 6.45) is 16.3. The number of allylic oxidation sites excluding steroid dienone is 3. The minimum Gasteiger partial charge on any atom is -0.461 e. The Morgan fingerprint density at radius 2 is 1.90 bits per heavy atom. The predicted octanol–water partition coefficient (Wildman–Crippen LogP) is 5.70. The molecule has 1 aromatic rings. The first-order valence-corrected chi connectivity index (χ1v) is 15.2. The maximum absolute atomic E-state index is 13.2. The van der Waals surface area contributed by atoms with E-state index in [2.05, 4.69) is 53.7 Å². The SMILES string of the molecule is CCNCC(=O)N[C@H](C(=O)O[C@H]1CC[C@@]2(C)C(=CC[C@@H]3[C@@H]2CC[C@]2(C)C(c4cccnc4)=CC[C@@H]32)C1)C(C)C. The number of aromatic nitrogens is 1. The molecule has 0 bridgehead atoms. The monoisotopic (exact) mass is 533 g/mol. The first kappa shape index (κ1) is 28.1. The van der Waals surface area contributed by atoms with Crippen LogP contribution in [-0.4, -0.2) is 42.1 Å². The molecule has 2 fully saturated rings. The van der Waals surface area contributed by atoms with E-state index >= 15 is 0 Å². The van der Waals surface area contributed by atoms with Crippen LogP contribution < -0.4 is 10.6 Å². The molecule has 0 unspecified atom stereocenters. The Labute approximate surface area is 234 Å². The maximum atomic E-state index is 13.2. The molecule has 6 nitrogen and oxygen atoms in total. The summed E-state index contributed by atoms with van der Waals surface area (Å²) in [5.74, 6) is 1.56. The van der Waals surface area contributed by atoms with E-state index in [0.29, 0.717) is 24.3 Å². The molecular weight excluding hydrogens is 486 g/mol. The summed E-state index contributed by atoms with van der Waals surface area (Å²) in [4.78, 5) is 29.8. The van der Waals surface area contributed by atoms with Gasteiger partial charge in [0, 0.05) is 18.8 Å². The van der Waals surface area contributed by atoms with Crippen molar-refractivity contribution in [1.29, 1.82) is 0 Å². The number of carbonyl (C=O) groups is 2. The van der Waals surface area contributed by atoms with Crippen LogP contribution >= 0.6 is 0 Å². The van der Waals surface area contributed by atoms with Gasteiger partial charge >= 0.3 is 5.97 Å². The van der Waals surface area contributed by atoms with Crippen molar-refractivity contribution in [3.63, 3.8) is 0 Å². The Balaban J connectivity index is 1.26. The molecule has 1 amide bonds. The quantitative estimate of drug-likeness (QED) is 0.331. The number of esters is 1. The first-order chi connectivity index (χ1) is 18.7. The summed E-state index contributed by atoms with van der Waals surface area (Å²) in [6.45, 7) is 11.8. The summed E-state index contributed by atoms with van der Waals surface area (Å²) in [5, 5.41) is 5.90. The van der Waals surface area contributed by atoms with Crippen LogP contribution in [0.1, 0.15) is 85.1 Å². The minimum absolute atomic E-state index is 0.0280. The number of nitrogens with one attached hydrogen (secondary N) is 2. The van der Waals surface area contributed by atoms with Crippen LogP contribution in [0.4, 0.5) is 0 Å². The highest BCUT2D eigenvalue weighted by Crippen LogP contribution is 2.66. The molecule has 2 saturated carbocycles. The topological polar surface area (TPSA) is 80.3 Å². The van der Waals surface area contributed by atoms with Crippen LogP contribution in [0.25, 0.3) is 5.57 Å². The predicted molar refractivity (Wildman–Crippen MR) is 154 cm³/mol. The molecule has 5 rings (SSSR count). The fourth-order valence-electron chi connectivity index (χ4n) is 8.46. The van der Waals surface area contributed by atoms with Gasteiger partial charge in [-0.05, 0) is 96.8 Å². The molecule has 0 saturated heterocycles. The van der Waals surface area contributed by atoms with E-state index < -0.39 is 6.04 Å². The number of hydrogen-bond acceptors (Lipinski definition) is 5. The second kappa shape index (κ2) is 11.2. The second-order valence-electron chi connectivity index (χ2n) is 13.2. The lowest BCUT2D eigenvalue weighted by atomic mass is 9.47. The lowest BCUT2D eigenvalue weighted by Crippen LogP contribution is -2.51. The fraction of sp³-hybridized carbons (Fsp3) is 0.667. The number of carbonyl (C=O) groups excluding carboxylic acids is 2. The van der Waals surface area contributed by atoms with E-state index in [1.54, 1.807) is 0 Å². The van der Waals surface area contributed by atoms with Gasteiger partial charge in [-0.15, -0.1) is 0 Å². The summed E-state index contributed by atoms with van der Waals surface area (Å²) in [7, 11) is 0. The van der Waals surface area contributed by atoms with Gasteiger partial charge in [-0.25, -0.2) is 4.79 Å². The standard InChI is InChI=1S/C33H47N3O3/c1-6-34-20-29(37)36-30(21(2)3)31(38)39-24-13-15-32(4)23(18-24)9-10-25-27-12-11-26(22-8-7-17-35-19-22)33(27,5)16-14-28(25)32/h7-9,11,17,19,21,24-25,27-28,30,34H,6,10,12-16,18,20H2,1-5H3,(H,36,37)/t24-,25-,27-,28-,30-,32-,33+/m0/s1. The van der Waals surface area contributed by atoms with E-state index in [1.165, 1.54) is 29.6 Å². The summed E-state index contributed by atoms with van der Waals surface area (Å²) in [6, 6.07) is 3.66. The van der Waals surface area contributed by atoms with E-state index in [4.69, 9.17) is 4.74 Å². The van der Waals surface area contributed by atoms with Crippen molar-refractivity contribution < 1.29 is 14.3 Å². The van der Waals surface area contributed by atoms with Crippen molar-refractivity contribution in [2.75, 3.05) is 13.1 Å². The van der Waals surface area contributed by atoms with E-state index in [-0.39, 0.29) is 41.3 Å². The Bertz CT molecular complexity index is 1130. The molecule has 0 aliphatic heterocycles. The number of amides is 1.